The summed E-state index contributed by atoms with van der Waals surface area (Å²) in [4.78, 5) is 0. The average molecular weight is 172 g/mol. The van der Waals surface area contributed by atoms with E-state index in [4.69, 9.17) is 16.3 Å². The van der Waals surface area contributed by atoms with Gasteiger partial charge in [0.2, 0.25) is 0 Å². The van der Waals surface area contributed by atoms with Crippen molar-refractivity contribution in [1.82, 2.24) is 0 Å². The van der Waals surface area contributed by atoms with Crippen LogP contribution in [-0.4, -0.2) is 12.4 Å². The van der Waals surface area contributed by atoms with Gasteiger partial charge in [-0.05, 0) is 11.8 Å². The van der Waals surface area contributed by atoms with E-state index in [1.165, 1.54) is 0 Å². The molecule has 1 saturated heterocycles. The molecule has 0 amide bonds. The Morgan fingerprint density at radius 2 is 2.57 bits per heavy atom. The average Bonchev–Trinajstić information content (AvgIpc) is 1.84. The summed E-state index contributed by atoms with van der Waals surface area (Å²) in [6.45, 7) is 0.797. The van der Waals surface area contributed by atoms with Gasteiger partial charge < -0.3 is 4.52 Å². The lowest BCUT2D eigenvalue weighted by Gasteiger charge is -2.00. The van der Waals surface area contributed by atoms with E-state index in [2.05, 4.69) is 12.2 Å². The van der Waals surface area contributed by atoms with Crippen LogP contribution in [0.4, 0.5) is 0 Å². The molecule has 5 heteroatoms. The van der Waals surface area contributed by atoms with E-state index in [-0.39, 0.29) is 0 Å². The maximum Gasteiger partial charge on any atom is 0.171 e. The summed E-state index contributed by atoms with van der Waals surface area (Å²) in [5.41, 5.74) is 0. The summed E-state index contributed by atoms with van der Waals surface area (Å²) < 4.78 is 3.49. The highest BCUT2D eigenvalue weighted by atomic mass is 33.2. The second-order valence-corrected chi connectivity index (χ2v) is 10.9. The second-order valence-electron chi connectivity index (χ2n) is 1.14. The summed E-state index contributed by atoms with van der Waals surface area (Å²) in [5.74, 6) is 1.03. The van der Waals surface area contributed by atoms with Crippen LogP contribution in [0.25, 0.3) is 0 Å². The third kappa shape index (κ3) is 1.94. The fraction of sp³-hybridized carbons (Fsp3) is 1.00. The lowest BCUT2D eigenvalue weighted by molar-refractivity contribution is 0.406. The molecule has 7 heavy (non-hydrogen) atoms. The molecule has 0 aromatic carbocycles. The predicted molar refractivity (Wildman–Crippen MR) is 41.7 cm³/mol. The minimum Gasteiger partial charge on any atom is -0.333 e. The molecule has 42 valence electrons. The maximum atomic E-state index is 5.09. The molecule has 1 rings (SSSR count). The summed E-state index contributed by atoms with van der Waals surface area (Å²) in [6, 6.07) is 0. The van der Waals surface area contributed by atoms with E-state index in [1.807, 2.05) is 0 Å². The zero-order valence-electron chi connectivity index (χ0n) is 3.53. The molecule has 1 atom stereocenters. The smallest absolute Gasteiger partial charge is 0.171 e. The van der Waals surface area contributed by atoms with Gasteiger partial charge in [0.05, 0.1) is 6.61 Å². The minimum absolute atomic E-state index is 0.797. The molecule has 1 heterocycles. The first-order valence-electron chi connectivity index (χ1n) is 1.83. The standard InChI is InChI=1S/C2H5OPS3/c5-4(6)3-1-2-7-4/h1-2H2,(H,5,6). The van der Waals surface area contributed by atoms with Gasteiger partial charge in [-0.2, -0.15) is 0 Å². The lowest BCUT2D eigenvalue weighted by atomic mass is 10.9. The van der Waals surface area contributed by atoms with Crippen molar-refractivity contribution in [2.45, 2.75) is 0 Å². The Balaban J connectivity index is 2.57. The molecule has 0 aromatic heterocycles. The van der Waals surface area contributed by atoms with Gasteiger partial charge in [0.15, 0.2) is 4.67 Å². The molecule has 0 spiro atoms. The molecule has 1 unspecified atom stereocenters. The summed E-state index contributed by atoms with van der Waals surface area (Å²) >= 11 is 10.7. The summed E-state index contributed by atoms with van der Waals surface area (Å²) in [6.07, 6.45) is 0. The van der Waals surface area contributed by atoms with Gasteiger partial charge in [0.1, 0.15) is 0 Å². The van der Waals surface area contributed by atoms with E-state index < -0.39 is 4.67 Å². The first kappa shape index (κ1) is 6.43. The molecule has 0 bridgehead atoms. The van der Waals surface area contributed by atoms with E-state index in [1.54, 1.807) is 11.4 Å². The first-order chi connectivity index (χ1) is 3.21. The molecule has 1 aliphatic heterocycles. The Bertz CT molecular complexity index is 104. The Labute approximate surface area is 57.2 Å². The Morgan fingerprint density at radius 3 is 2.71 bits per heavy atom. The van der Waals surface area contributed by atoms with E-state index in [0.29, 0.717) is 0 Å². The monoisotopic (exact) mass is 172 g/mol. The molecule has 0 saturated carbocycles. The van der Waals surface area contributed by atoms with Crippen LogP contribution in [0, 0.1) is 0 Å². The Morgan fingerprint density at radius 1 is 1.86 bits per heavy atom. The van der Waals surface area contributed by atoms with Crippen LogP contribution in [0.5, 0.6) is 0 Å². The van der Waals surface area contributed by atoms with Crippen LogP contribution in [-0.2, 0) is 16.3 Å². The van der Waals surface area contributed by atoms with Crippen molar-refractivity contribution in [2.75, 3.05) is 12.4 Å². The predicted octanol–water partition coefficient (Wildman–Crippen LogP) is 1.90. The Hall–Kier alpha value is 1.31. The van der Waals surface area contributed by atoms with E-state index in [9.17, 15) is 0 Å². The number of hydrogen-bond acceptors (Lipinski definition) is 3. The first-order valence-corrected chi connectivity index (χ1v) is 7.29. The van der Waals surface area contributed by atoms with E-state index >= 15 is 0 Å². The van der Waals surface area contributed by atoms with Crippen LogP contribution in [0.3, 0.4) is 0 Å². The Kier molecular flexibility index (Phi) is 2.09. The van der Waals surface area contributed by atoms with Crippen molar-refractivity contribution in [3.8, 4) is 0 Å². The second kappa shape index (κ2) is 2.28. The quantitative estimate of drug-likeness (QED) is 0.442. The highest BCUT2D eigenvalue weighted by Crippen LogP contribution is 2.67. The summed E-state index contributed by atoms with van der Waals surface area (Å²) in [7, 11) is 0. The van der Waals surface area contributed by atoms with Gasteiger partial charge in [-0.25, -0.2) is 0 Å². The van der Waals surface area contributed by atoms with Crippen LogP contribution in [0.15, 0.2) is 0 Å². The van der Waals surface area contributed by atoms with Gasteiger partial charge in [-0.15, -0.1) is 12.2 Å². The molecule has 0 aromatic rings. The summed E-state index contributed by atoms with van der Waals surface area (Å²) in [5, 5.41) is 0. The van der Waals surface area contributed by atoms with Crippen molar-refractivity contribution in [2.24, 2.45) is 0 Å². The fourth-order valence-electron chi connectivity index (χ4n) is 0.343. The van der Waals surface area contributed by atoms with Crippen molar-refractivity contribution < 1.29 is 4.52 Å². The third-order valence-corrected chi connectivity index (χ3v) is 6.27. The zero-order chi connectivity index (χ0) is 5.33. The minimum atomic E-state index is -1.60. The van der Waals surface area contributed by atoms with Crippen LogP contribution in [0.1, 0.15) is 0 Å². The van der Waals surface area contributed by atoms with Crippen molar-refractivity contribution in [1.29, 1.82) is 0 Å². The van der Waals surface area contributed by atoms with Crippen molar-refractivity contribution in [3.05, 3.63) is 0 Å². The molecule has 0 aliphatic carbocycles. The van der Waals surface area contributed by atoms with Crippen LogP contribution >= 0.6 is 28.3 Å². The van der Waals surface area contributed by atoms with Gasteiger partial charge in [0, 0.05) is 5.75 Å². The molecule has 0 N–H and O–H groups in total. The van der Waals surface area contributed by atoms with E-state index in [0.717, 1.165) is 12.4 Å². The van der Waals surface area contributed by atoms with Crippen LogP contribution in [0.2, 0.25) is 0 Å². The SMILES string of the molecule is S=P1(S)OCCS1. The fourth-order valence-corrected chi connectivity index (χ4v) is 4.49. The highest BCUT2D eigenvalue weighted by molar-refractivity contribution is 8.95. The molecular formula is C2H5OPS3. The van der Waals surface area contributed by atoms with Crippen molar-refractivity contribution in [3.63, 3.8) is 0 Å². The van der Waals surface area contributed by atoms with Gasteiger partial charge in [-0.3, -0.25) is 0 Å². The van der Waals surface area contributed by atoms with Gasteiger partial charge in [0.25, 0.3) is 0 Å². The molecule has 0 radical (unpaired) electrons. The maximum absolute atomic E-state index is 5.09. The molecule has 1 aliphatic rings. The largest absolute Gasteiger partial charge is 0.333 e. The topological polar surface area (TPSA) is 9.23 Å². The van der Waals surface area contributed by atoms with Gasteiger partial charge >= 0.3 is 0 Å². The lowest BCUT2D eigenvalue weighted by Crippen LogP contribution is -1.75. The molecule has 1 nitrogen and oxygen atoms in total. The van der Waals surface area contributed by atoms with Crippen LogP contribution < -0.4 is 0 Å². The molecule has 1 fully saturated rings. The molecular weight excluding hydrogens is 167 g/mol. The number of hydrogen-bond donors (Lipinski definition) is 1. The van der Waals surface area contributed by atoms with Gasteiger partial charge in [-0.1, -0.05) is 11.4 Å². The zero-order valence-corrected chi connectivity index (χ0v) is 6.96. The van der Waals surface area contributed by atoms with Crippen molar-refractivity contribution >= 4 is 40.1 Å². The highest BCUT2D eigenvalue weighted by Gasteiger charge is 2.18. The number of rotatable bonds is 0. The normalized spacial score (nSPS) is 41.9. The number of thiol groups is 1. The third-order valence-electron chi connectivity index (χ3n) is 0.592.